The van der Waals surface area contributed by atoms with Crippen molar-refractivity contribution in [3.8, 4) is 16.5 Å². The Bertz CT molecular complexity index is 739. The molecule has 21 heavy (non-hydrogen) atoms. The van der Waals surface area contributed by atoms with E-state index in [1.165, 1.54) is 11.3 Å². The van der Waals surface area contributed by atoms with Crippen LogP contribution in [-0.4, -0.2) is 15.2 Å². The summed E-state index contributed by atoms with van der Waals surface area (Å²) in [5.41, 5.74) is 7.10. The fourth-order valence-electron chi connectivity index (χ4n) is 1.89. The molecule has 0 bridgehead atoms. The molecule has 0 fully saturated rings. The number of nitrogens with zero attached hydrogens (tertiary/aromatic N) is 2. The molecule has 0 aliphatic rings. The first-order chi connectivity index (χ1) is 10.1. The lowest BCUT2D eigenvalue weighted by atomic mass is 10.1. The van der Waals surface area contributed by atoms with E-state index in [2.05, 4.69) is 26.1 Å². The average molecular weight is 366 g/mol. The van der Waals surface area contributed by atoms with Crippen LogP contribution in [0.4, 0.5) is 0 Å². The Morgan fingerprint density at radius 2 is 2.10 bits per heavy atom. The van der Waals surface area contributed by atoms with E-state index in [4.69, 9.17) is 10.3 Å². The van der Waals surface area contributed by atoms with E-state index in [1.54, 1.807) is 12.1 Å². The van der Waals surface area contributed by atoms with Crippen LogP contribution in [0, 0.1) is 0 Å². The summed E-state index contributed by atoms with van der Waals surface area (Å²) in [4.78, 5) is 5.27. The molecule has 1 atom stereocenters. The molecule has 0 aliphatic carbocycles. The van der Waals surface area contributed by atoms with Gasteiger partial charge in [-0.1, -0.05) is 17.3 Å². The minimum Gasteiger partial charge on any atom is -0.508 e. The number of phenols is 1. The van der Waals surface area contributed by atoms with Gasteiger partial charge in [-0.15, -0.1) is 11.3 Å². The van der Waals surface area contributed by atoms with Gasteiger partial charge in [0.1, 0.15) is 5.75 Å². The van der Waals surface area contributed by atoms with Gasteiger partial charge < -0.3 is 15.4 Å². The Morgan fingerprint density at radius 1 is 1.33 bits per heavy atom. The monoisotopic (exact) mass is 365 g/mol. The van der Waals surface area contributed by atoms with Crippen LogP contribution < -0.4 is 5.73 Å². The molecule has 3 aromatic rings. The highest BCUT2D eigenvalue weighted by Gasteiger charge is 2.17. The van der Waals surface area contributed by atoms with E-state index < -0.39 is 0 Å². The number of rotatable bonds is 4. The van der Waals surface area contributed by atoms with Crippen LogP contribution in [0.1, 0.15) is 17.5 Å². The number of halogens is 1. The van der Waals surface area contributed by atoms with Crippen LogP contribution >= 0.6 is 27.3 Å². The first-order valence-electron chi connectivity index (χ1n) is 6.23. The van der Waals surface area contributed by atoms with Crippen molar-refractivity contribution in [2.24, 2.45) is 5.73 Å². The van der Waals surface area contributed by atoms with Crippen molar-refractivity contribution in [3.63, 3.8) is 0 Å². The lowest BCUT2D eigenvalue weighted by Crippen LogP contribution is -2.13. The van der Waals surface area contributed by atoms with Crippen LogP contribution in [0.5, 0.6) is 5.75 Å². The smallest absolute Gasteiger partial charge is 0.244 e. The molecular formula is C14H12BrN3O2S. The summed E-state index contributed by atoms with van der Waals surface area (Å²) in [6.45, 7) is 0. The van der Waals surface area contributed by atoms with Crippen molar-refractivity contribution in [2.75, 3.05) is 0 Å². The number of phenolic OH excluding ortho intramolecular Hbond substituents is 1. The first kappa shape index (κ1) is 14.2. The summed E-state index contributed by atoms with van der Waals surface area (Å²) in [7, 11) is 0. The standard InChI is InChI=1S/C14H12BrN3O2S/c15-9-6-12(21-7-9)13-17-14(20-18-13)11(16)5-8-1-3-10(19)4-2-8/h1-4,6-7,11,19H,5,16H2/t11-/m1/s1. The summed E-state index contributed by atoms with van der Waals surface area (Å²) >= 11 is 4.93. The Labute approximate surface area is 133 Å². The van der Waals surface area contributed by atoms with Gasteiger partial charge in [0.05, 0.1) is 10.9 Å². The van der Waals surface area contributed by atoms with Crippen LogP contribution in [-0.2, 0) is 6.42 Å². The van der Waals surface area contributed by atoms with Gasteiger partial charge in [0.15, 0.2) is 0 Å². The summed E-state index contributed by atoms with van der Waals surface area (Å²) in [6.07, 6.45) is 0.566. The van der Waals surface area contributed by atoms with Gasteiger partial charge >= 0.3 is 0 Å². The quantitative estimate of drug-likeness (QED) is 0.738. The molecule has 1 aromatic carbocycles. The average Bonchev–Trinajstić information content (AvgIpc) is 3.10. The Balaban J connectivity index is 1.74. The minimum absolute atomic E-state index is 0.232. The third-order valence-corrected chi connectivity index (χ3v) is 4.63. The Morgan fingerprint density at radius 3 is 2.76 bits per heavy atom. The fraction of sp³-hybridized carbons (Fsp3) is 0.143. The number of nitrogens with two attached hydrogens (primary N) is 1. The van der Waals surface area contributed by atoms with Crippen LogP contribution in [0.3, 0.4) is 0 Å². The molecule has 0 radical (unpaired) electrons. The molecule has 7 heteroatoms. The number of aromatic nitrogens is 2. The van der Waals surface area contributed by atoms with E-state index in [0.717, 1.165) is 14.9 Å². The molecule has 0 saturated carbocycles. The molecule has 0 aliphatic heterocycles. The Kier molecular flexibility index (Phi) is 4.05. The van der Waals surface area contributed by atoms with Crippen molar-refractivity contribution in [1.82, 2.24) is 10.1 Å². The van der Waals surface area contributed by atoms with Crippen molar-refractivity contribution >= 4 is 27.3 Å². The largest absolute Gasteiger partial charge is 0.508 e. The minimum atomic E-state index is -0.376. The van der Waals surface area contributed by atoms with Crippen molar-refractivity contribution in [1.29, 1.82) is 0 Å². The molecule has 108 valence electrons. The number of hydrogen-bond donors (Lipinski definition) is 2. The molecule has 0 spiro atoms. The van der Waals surface area contributed by atoms with Gasteiger partial charge in [-0.05, 0) is 46.1 Å². The third-order valence-electron chi connectivity index (χ3n) is 2.94. The highest BCUT2D eigenvalue weighted by Crippen LogP contribution is 2.28. The zero-order valence-corrected chi connectivity index (χ0v) is 13.3. The van der Waals surface area contributed by atoms with E-state index in [0.29, 0.717) is 18.1 Å². The topological polar surface area (TPSA) is 85.2 Å². The van der Waals surface area contributed by atoms with Crippen LogP contribution in [0.2, 0.25) is 0 Å². The normalized spacial score (nSPS) is 12.5. The second kappa shape index (κ2) is 5.97. The maximum atomic E-state index is 9.26. The van der Waals surface area contributed by atoms with E-state index in [9.17, 15) is 5.11 Å². The van der Waals surface area contributed by atoms with Gasteiger partial charge in [0, 0.05) is 9.85 Å². The molecule has 3 N–H and O–H groups in total. The molecule has 2 heterocycles. The lowest BCUT2D eigenvalue weighted by Gasteiger charge is -2.06. The van der Waals surface area contributed by atoms with E-state index in [1.807, 2.05) is 23.6 Å². The molecule has 2 aromatic heterocycles. The van der Waals surface area contributed by atoms with Gasteiger partial charge in [-0.3, -0.25) is 0 Å². The van der Waals surface area contributed by atoms with Crippen LogP contribution in [0.15, 0.2) is 44.7 Å². The Hall–Kier alpha value is -1.70. The zero-order valence-electron chi connectivity index (χ0n) is 10.9. The molecule has 0 amide bonds. The summed E-state index contributed by atoms with van der Waals surface area (Å²) < 4.78 is 6.23. The van der Waals surface area contributed by atoms with E-state index >= 15 is 0 Å². The van der Waals surface area contributed by atoms with Crippen molar-refractivity contribution in [3.05, 3.63) is 51.6 Å². The second-order valence-corrected chi connectivity index (χ2v) is 6.39. The van der Waals surface area contributed by atoms with Gasteiger partial charge in [-0.2, -0.15) is 4.98 Å². The highest BCUT2D eigenvalue weighted by molar-refractivity contribution is 9.10. The fourth-order valence-corrected chi connectivity index (χ4v) is 3.24. The van der Waals surface area contributed by atoms with E-state index in [-0.39, 0.29) is 11.8 Å². The van der Waals surface area contributed by atoms with Gasteiger partial charge in [0.2, 0.25) is 11.7 Å². The molecule has 0 unspecified atom stereocenters. The summed E-state index contributed by atoms with van der Waals surface area (Å²) in [5, 5.41) is 15.2. The first-order valence-corrected chi connectivity index (χ1v) is 7.90. The highest BCUT2D eigenvalue weighted by atomic mass is 79.9. The SMILES string of the molecule is N[C@H](Cc1ccc(O)cc1)c1nc(-c2cc(Br)cs2)no1. The number of benzene rings is 1. The zero-order chi connectivity index (χ0) is 14.8. The predicted molar refractivity (Wildman–Crippen MR) is 84.1 cm³/mol. The van der Waals surface area contributed by atoms with Crippen molar-refractivity contribution < 1.29 is 9.63 Å². The third kappa shape index (κ3) is 3.31. The van der Waals surface area contributed by atoms with Crippen LogP contribution in [0.25, 0.3) is 10.7 Å². The van der Waals surface area contributed by atoms with Crippen molar-refractivity contribution in [2.45, 2.75) is 12.5 Å². The number of thiophene rings is 1. The maximum absolute atomic E-state index is 9.26. The maximum Gasteiger partial charge on any atom is 0.244 e. The summed E-state index contributed by atoms with van der Waals surface area (Å²) in [6, 6.07) is 8.46. The molecule has 0 saturated heterocycles. The van der Waals surface area contributed by atoms with Gasteiger partial charge in [0.25, 0.3) is 0 Å². The van der Waals surface area contributed by atoms with Gasteiger partial charge in [-0.25, -0.2) is 0 Å². The lowest BCUT2D eigenvalue weighted by molar-refractivity contribution is 0.354. The summed E-state index contributed by atoms with van der Waals surface area (Å²) in [5.74, 6) is 1.18. The number of aromatic hydroxyl groups is 1. The molecule has 3 rings (SSSR count). The molecular weight excluding hydrogens is 354 g/mol. The number of hydrogen-bond acceptors (Lipinski definition) is 6. The second-order valence-electron chi connectivity index (χ2n) is 4.56. The molecule has 5 nitrogen and oxygen atoms in total. The predicted octanol–water partition coefficient (Wildman–Crippen LogP) is 3.51.